The van der Waals surface area contributed by atoms with E-state index in [1.807, 2.05) is 11.8 Å². The summed E-state index contributed by atoms with van der Waals surface area (Å²) < 4.78 is -0.677. The molecule has 4 fully saturated rings. The first kappa shape index (κ1) is 29.2. The van der Waals surface area contributed by atoms with E-state index in [0.717, 1.165) is 38.5 Å². The number of likely N-dealkylation sites (tertiary alicyclic amines) is 1. The van der Waals surface area contributed by atoms with Crippen molar-refractivity contribution in [1.82, 2.24) is 14.7 Å². The Bertz CT molecular complexity index is 936. The molecule has 1 N–H and O–H groups in total. The zero-order valence-electron chi connectivity index (χ0n) is 23.7. The fourth-order valence-electron chi connectivity index (χ4n) is 7.84. The minimum atomic E-state index is -0.694. The smallest absolute Gasteiger partial charge is 0.247 e. The second-order valence-corrected chi connectivity index (χ2v) is 13.6. The average Bonchev–Trinajstić information content (AvgIpc) is 3.51. The molecule has 1 spiro atoms. The highest BCUT2D eigenvalue weighted by Crippen LogP contribution is 2.69. The fourth-order valence-corrected chi connectivity index (χ4v) is 10.2. The van der Waals surface area contributed by atoms with Crippen molar-refractivity contribution in [2.75, 3.05) is 26.7 Å². The van der Waals surface area contributed by atoms with Crippen molar-refractivity contribution < 1.29 is 19.5 Å². The zero-order chi connectivity index (χ0) is 27.8. The number of likely N-dealkylation sites (N-methyl/N-ethyl adjacent to an activating group) is 1. The molecule has 0 radical (unpaired) electrons. The van der Waals surface area contributed by atoms with Gasteiger partial charge in [-0.3, -0.25) is 14.4 Å². The molecule has 1 saturated carbocycles. The molecule has 38 heavy (non-hydrogen) atoms. The number of carbonyl (C=O) groups excluding carboxylic acids is 3. The maximum atomic E-state index is 14.8. The van der Waals surface area contributed by atoms with Gasteiger partial charge in [0.05, 0.1) is 29.2 Å². The molecule has 3 saturated heterocycles. The number of thioether (sulfide) groups is 1. The third-order valence-corrected chi connectivity index (χ3v) is 12.0. The lowest BCUT2D eigenvalue weighted by Crippen LogP contribution is -2.61. The summed E-state index contributed by atoms with van der Waals surface area (Å²) in [6, 6.07) is -1.03. The van der Waals surface area contributed by atoms with Gasteiger partial charge >= 0.3 is 0 Å². The molecule has 0 aromatic heterocycles. The lowest BCUT2D eigenvalue weighted by Gasteiger charge is -2.45. The van der Waals surface area contributed by atoms with E-state index in [-0.39, 0.29) is 47.5 Å². The first-order valence-corrected chi connectivity index (χ1v) is 15.4. The summed E-state index contributed by atoms with van der Waals surface area (Å²) in [4.78, 5) is 48.4. The number of nitrogens with zero attached hydrogens (tertiary/aromatic N) is 3. The van der Waals surface area contributed by atoms with Crippen molar-refractivity contribution >= 4 is 29.5 Å². The molecule has 7 nitrogen and oxygen atoms in total. The van der Waals surface area contributed by atoms with E-state index < -0.39 is 28.7 Å². The van der Waals surface area contributed by atoms with Gasteiger partial charge in [0.2, 0.25) is 17.7 Å². The van der Waals surface area contributed by atoms with E-state index in [1.54, 1.807) is 40.8 Å². The number of rotatable bonds is 11. The van der Waals surface area contributed by atoms with Gasteiger partial charge in [-0.25, -0.2) is 0 Å². The van der Waals surface area contributed by atoms with Crippen LogP contribution in [0.5, 0.6) is 0 Å². The van der Waals surface area contributed by atoms with Crippen LogP contribution in [0.4, 0.5) is 0 Å². The molecule has 0 aromatic rings. The minimum absolute atomic E-state index is 0.00914. The van der Waals surface area contributed by atoms with Gasteiger partial charge in [0, 0.05) is 31.4 Å². The van der Waals surface area contributed by atoms with Crippen molar-refractivity contribution in [3.8, 4) is 0 Å². The lowest BCUT2D eigenvalue weighted by atomic mass is 9.65. The number of hydrogen-bond donors (Lipinski definition) is 1. The highest BCUT2D eigenvalue weighted by Gasteiger charge is 2.77. The van der Waals surface area contributed by atoms with E-state index in [9.17, 15) is 19.5 Å². The van der Waals surface area contributed by atoms with Crippen LogP contribution in [0.3, 0.4) is 0 Å². The number of fused-ring (bicyclic) bond motifs is 1. The maximum Gasteiger partial charge on any atom is 0.247 e. The summed E-state index contributed by atoms with van der Waals surface area (Å²) in [6.07, 6.45) is 10.4. The van der Waals surface area contributed by atoms with Crippen molar-refractivity contribution in [2.24, 2.45) is 23.7 Å². The second kappa shape index (κ2) is 11.7. The zero-order valence-corrected chi connectivity index (χ0v) is 24.5. The summed E-state index contributed by atoms with van der Waals surface area (Å²) >= 11 is 1.71. The van der Waals surface area contributed by atoms with Gasteiger partial charge in [-0.2, -0.15) is 0 Å². The number of aliphatic hydroxyl groups is 1. The monoisotopic (exact) mass is 545 g/mol. The Morgan fingerprint density at radius 3 is 2.42 bits per heavy atom. The summed E-state index contributed by atoms with van der Waals surface area (Å²) in [6.45, 7) is 14.6. The van der Waals surface area contributed by atoms with Gasteiger partial charge in [0.1, 0.15) is 6.04 Å². The number of carbonyl (C=O) groups is 3. The molecule has 1 aliphatic carbocycles. The molecular formula is C30H47N3O4S. The molecule has 3 amide bonds. The van der Waals surface area contributed by atoms with Crippen LogP contribution in [0.15, 0.2) is 25.3 Å². The molecule has 2 bridgehead atoms. The molecule has 8 atom stereocenters. The predicted octanol–water partition coefficient (Wildman–Crippen LogP) is 3.72. The molecule has 0 aromatic carbocycles. The van der Waals surface area contributed by atoms with Crippen LogP contribution in [0, 0.1) is 23.7 Å². The molecule has 8 heteroatoms. The van der Waals surface area contributed by atoms with Crippen LogP contribution in [0.1, 0.15) is 65.7 Å². The largest absolute Gasteiger partial charge is 0.394 e. The summed E-state index contributed by atoms with van der Waals surface area (Å²) in [7, 11) is 1.77. The van der Waals surface area contributed by atoms with E-state index in [0.29, 0.717) is 13.1 Å². The van der Waals surface area contributed by atoms with Gasteiger partial charge in [0.25, 0.3) is 0 Å². The van der Waals surface area contributed by atoms with Crippen LogP contribution in [0.2, 0.25) is 0 Å². The van der Waals surface area contributed by atoms with Gasteiger partial charge in [0.15, 0.2) is 0 Å². The van der Waals surface area contributed by atoms with Crippen LogP contribution in [-0.4, -0.2) is 92.4 Å². The minimum Gasteiger partial charge on any atom is -0.394 e. The summed E-state index contributed by atoms with van der Waals surface area (Å²) in [5.41, 5.74) is 0. The molecular weight excluding hydrogens is 498 g/mol. The van der Waals surface area contributed by atoms with Crippen molar-refractivity contribution in [2.45, 2.75) is 93.8 Å². The first-order chi connectivity index (χ1) is 18.2. The van der Waals surface area contributed by atoms with E-state index in [1.165, 1.54) is 6.42 Å². The van der Waals surface area contributed by atoms with E-state index in [4.69, 9.17) is 0 Å². The Morgan fingerprint density at radius 1 is 1.18 bits per heavy atom. The van der Waals surface area contributed by atoms with Crippen LogP contribution in [-0.2, 0) is 14.4 Å². The van der Waals surface area contributed by atoms with Crippen molar-refractivity contribution in [1.29, 1.82) is 0 Å². The fraction of sp³-hybridized carbons (Fsp3) is 0.767. The lowest BCUT2D eigenvalue weighted by molar-refractivity contribution is -0.149. The normalized spacial score (nSPS) is 34.1. The van der Waals surface area contributed by atoms with Gasteiger partial charge in [-0.1, -0.05) is 58.6 Å². The molecule has 3 aliphatic heterocycles. The molecule has 3 unspecified atom stereocenters. The third-order valence-electron chi connectivity index (χ3n) is 9.95. The Balaban J connectivity index is 1.83. The summed E-state index contributed by atoms with van der Waals surface area (Å²) in [5, 5.41) is 10.6. The van der Waals surface area contributed by atoms with Crippen molar-refractivity contribution in [3.63, 3.8) is 0 Å². The number of amides is 3. The molecule has 212 valence electrons. The van der Waals surface area contributed by atoms with E-state index in [2.05, 4.69) is 27.0 Å². The van der Waals surface area contributed by atoms with E-state index >= 15 is 0 Å². The first-order valence-electron chi connectivity index (χ1n) is 14.6. The van der Waals surface area contributed by atoms with Crippen molar-refractivity contribution in [3.05, 3.63) is 25.3 Å². The standard InChI is InChI=1S/C30H47N3O4S/c1-7-15-31(6)27(35)24-23-17-20(5)30(38-23)25(24)28(36)33(22(18-34)19(4)9-3)26(30)29(37)32(16-8-2)21-13-11-10-12-14-21/h7-8,19-26,34H,1-2,9-18H2,3-6H3/t19-,20?,22-,23+,24-,25-,26?,30?/m0/s1. The summed E-state index contributed by atoms with van der Waals surface area (Å²) in [5.74, 6) is -1.10. The Kier molecular flexibility index (Phi) is 9.02. The average molecular weight is 546 g/mol. The predicted molar refractivity (Wildman–Crippen MR) is 152 cm³/mol. The van der Waals surface area contributed by atoms with Crippen LogP contribution < -0.4 is 0 Å². The number of hydrogen-bond acceptors (Lipinski definition) is 5. The third kappa shape index (κ3) is 4.53. The SMILES string of the molecule is C=CCN(C)C(=O)[C@@H]1[C@H]2C(=O)N([C@@H](CO)[C@@H](C)CC)C(C(=O)N(CC=C)C3CCCCC3)C23S[C@@H]1CC3C. The van der Waals surface area contributed by atoms with Crippen LogP contribution in [0.25, 0.3) is 0 Å². The number of aliphatic hydroxyl groups excluding tert-OH is 1. The quantitative estimate of drug-likeness (QED) is 0.400. The van der Waals surface area contributed by atoms with Gasteiger partial charge < -0.3 is 19.8 Å². The van der Waals surface area contributed by atoms with Crippen LogP contribution >= 0.6 is 11.8 Å². The highest BCUT2D eigenvalue weighted by molar-refractivity contribution is 8.02. The second-order valence-electron chi connectivity index (χ2n) is 12.0. The Labute approximate surface area is 233 Å². The molecule has 4 rings (SSSR count). The van der Waals surface area contributed by atoms with Gasteiger partial charge in [-0.15, -0.1) is 24.9 Å². The van der Waals surface area contributed by atoms with Gasteiger partial charge in [-0.05, 0) is 31.1 Å². The molecule has 4 aliphatic rings. The highest BCUT2D eigenvalue weighted by atomic mass is 32.2. The Morgan fingerprint density at radius 2 is 1.84 bits per heavy atom. The maximum absolute atomic E-state index is 14.8. The Hall–Kier alpha value is -1.80. The topological polar surface area (TPSA) is 81.2 Å². The molecule has 3 heterocycles.